The summed E-state index contributed by atoms with van der Waals surface area (Å²) in [5, 5.41) is 17.3. The summed E-state index contributed by atoms with van der Waals surface area (Å²) < 4.78 is 0. The minimum atomic E-state index is -0.889. The largest absolute Gasteiger partial charge is 0.478 e. The molecule has 0 saturated heterocycles. The smallest absolute Gasteiger partial charge is 0.335 e. The average Bonchev–Trinajstić information content (AvgIpc) is 2.29. The number of thioether (sulfide) groups is 1. The van der Waals surface area contributed by atoms with E-state index in [4.69, 9.17) is 10.2 Å². The first kappa shape index (κ1) is 13.1. The van der Waals surface area contributed by atoms with Crippen molar-refractivity contribution in [3.05, 3.63) is 29.8 Å². The fourth-order valence-corrected chi connectivity index (χ4v) is 2.19. The van der Waals surface area contributed by atoms with Crippen LogP contribution in [-0.2, 0) is 0 Å². The molecule has 0 aliphatic rings. The topological polar surface area (TPSA) is 57.5 Å². The molecule has 0 heterocycles. The number of carbonyl (C=O) groups is 1. The summed E-state index contributed by atoms with van der Waals surface area (Å²) in [4.78, 5) is 11.7. The van der Waals surface area contributed by atoms with Crippen LogP contribution in [0.25, 0.3) is 0 Å². The average molecular weight is 240 g/mol. The Bertz CT molecular complexity index is 322. The van der Waals surface area contributed by atoms with E-state index in [9.17, 15) is 4.79 Å². The first-order valence-corrected chi connectivity index (χ1v) is 6.29. The van der Waals surface area contributed by atoms with Crippen LogP contribution in [0.2, 0.25) is 0 Å². The number of aliphatic hydroxyl groups is 1. The molecule has 1 rings (SSSR count). The Labute approximate surface area is 99.5 Å². The van der Waals surface area contributed by atoms with Crippen molar-refractivity contribution in [1.29, 1.82) is 0 Å². The standard InChI is InChI=1S/C12H16O3S/c13-8-2-1-3-9-16-11-6-4-10(5-7-11)12(14)15/h4-7,13H,1-3,8-9H2,(H,14,15). The molecule has 0 amide bonds. The van der Waals surface area contributed by atoms with Crippen molar-refractivity contribution in [1.82, 2.24) is 0 Å². The molecule has 0 atom stereocenters. The van der Waals surface area contributed by atoms with Gasteiger partial charge >= 0.3 is 5.97 Å². The summed E-state index contributed by atoms with van der Waals surface area (Å²) in [6.45, 7) is 0.262. The molecule has 0 aliphatic carbocycles. The van der Waals surface area contributed by atoms with Gasteiger partial charge in [0.2, 0.25) is 0 Å². The number of rotatable bonds is 7. The van der Waals surface area contributed by atoms with Crippen LogP contribution in [0.1, 0.15) is 29.6 Å². The Morgan fingerprint density at radius 1 is 1.12 bits per heavy atom. The Kier molecular flexibility index (Phi) is 5.96. The summed E-state index contributed by atoms with van der Waals surface area (Å²) in [6, 6.07) is 6.91. The van der Waals surface area contributed by atoms with E-state index in [1.165, 1.54) is 0 Å². The molecule has 0 unspecified atom stereocenters. The van der Waals surface area contributed by atoms with Gasteiger partial charge in [0.25, 0.3) is 0 Å². The van der Waals surface area contributed by atoms with E-state index in [0.717, 1.165) is 29.9 Å². The van der Waals surface area contributed by atoms with Gasteiger partial charge in [-0.3, -0.25) is 0 Å². The van der Waals surface area contributed by atoms with Gasteiger partial charge < -0.3 is 10.2 Å². The van der Waals surface area contributed by atoms with Gasteiger partial charge in [-0.15, -0.1) is 11.8 Å². The van der Waals surface area contributed by atoms with Crippen molar-refractivity contribution in [2.24, 2.45) is 0 Å². The molecule has 0 aliphatic heterocycles. The van der Waals surface area contributed by atoms with Crippen LogP contribution in [0.4, 0.5) is 0 Å². The lowest BCUT2D eigenvalue weighted by Crippen LogP contribution is -1.94. The Morgan fingerprint density at radius 2 is 1.81 bits per heavy atom. The van der Waals surface area contributed by atoms with Crippen LogP contribution in [0.5, 0.6) is 0 Å². The third kappa shape index (κ3) is 4.68. The summed E-state index contributed by atoms with van der Waals surface area (Å²) in [5.74, 6) is 0.117. The van der Waals surface area contributed by atoms with Crippen LogP contribution in [0.15, 0.2) is 29.2 Å². The first-order chi connectivity index (χ1) is 7.74. The zero-order chi connectivity index (χ0) is 11.8. The molecule has 0 spiro atoms. The highest BCUT2D eigenvalue weighted by Gasteiger charge is 2.01. The number of aromatic carboxylic acids is 1. The molecule has 0 aromatic heterocycles. The number of unbranched alkanes of at least 4 members (excludes halogenated alkanes) is 2. The number of aliphatic hydroxyl groups excluding tert-OH is 1. The SMILES string of the molecule is O=C(O)c1ccc(SCCCCCO)cc1. The lowest BCUT2D eigenvalue weighted by Gasteiger charge is -2.01. The van der Waals surface area contributed by atoms with Gasteiger partial charge in [0, 0.05) is 11.5 Å². The maximum atomic E-state index is 10.6. The van der Waals surface area contributed by atoms with Crippen molar-refractivity contribution in [3.8, 4) is 0 Å². The molecule has 4 heteroatoms. The molecule has 2 N–H and O–H groups in total. The summed E-state index contributed by atoms with van der Waals surface area (Å²) >= 11 is 1.72. The molecule has 1 aromatic rings. The van der Waals surface area contributed by atoms with E-state index in [2.05, 4.69) is 0 Å². The van der Waals surface area contributed by atoms with Gasteiger partial charge in [0.15, 0.2) is 0 Å². The Hall–Kier alpha value is -1.00. The number of benzene rings is 1. The predicted molar refractivity (Wildman–Crippen MR) is 65.1 cm³/mol. The molecule has 16 heavy (non-hydrogen) atoms. The summed E-state index contributed by atoms with van der Waals surface area (Å²) in [7, 11) is 0. The normalized spacial score (nSPS) is 10.3. The molecule has 0 saturated carbocycles. The molecule has 0 bridgehead atoms. The maximum absolute atomic E-state index is 10.6. The van der Waals surface area contributed by atoms with Crippen LogP contribution >= 0.6 is 11.8 Å². The second kappa shape index (κ2) is 7.30. The molecular weight excluding hydrogens is 224 g/mol. The third-order valence-electron chi connectivity index (χ3n) is 2.17. The van der Waals surface area contributed by atoms with E-state index in [1.807, 2.05) is 12.1 Å². The van der Waals surface area contributed by atoms with Gasteiger partial charge in [-0.25, -0.2) is 4.79 Å². The molecule has 3 nitrogen and oxygen atoms in total. The van der Waals surface area contributed by atoms with Gasteiger partial charge in [0.1, 0.15) is 0 Å². The Morgan fingerprint density at radius 3 is 2.38 bits per heavy atom. The van der Waals surface area contributed by atoms with Crippen molar-refractivity contribution in [2.45, 2.75) is 24.2 Å². The minimum Gasteiger partial charge on any atom is -0.478 e. The van der Waals surface area contributed by atoms with Crippen LogP contribution in [0.3, 0.4) is 0 Å². The monoisotopic (exact) mass is 240 g/mol. The zero-order valence-corrected chi connectivity index (χ0v) is 9.87. The van der Waals surface area contributed by atoms with Gasteiger partial charge in [0.05, 0.1) is 5.56 Å². The van der Waals surface area contributed by atoms with Gasteiger partial charge in [-0.1, -0.05) is 6.42 Å². The van der Waals surface area contributed by atoms with Crippen LogP contribution in [0, 0.1) is 0 Å². The van der Waals surface area contributed by atoms with Crippen LogP contribution in [-0.4, -0.2) is 28.5 Å². The van der Waals surface area contributed by atoms with Crippen molar-refractivity contribution in [3.63, 3.8) is 0 Å². The quantitative estimate of drug-likeness (QED) is 0.568. The first-order valence-electron chi connectivity index (χ1n) is 5.31. The van der Waals surface area contributed by atoms with Crippen LogP contribution < -0.4 is 0 Å². The summed E-state index contributed by atoms with van der Waals surface area (Å²) in [6.07, 6.45) is 2.97. The zero-order valence-electron chi connectivity index (χ0n) is 9.06. The Balaban J connectivity index is 2.29. The van der Waals surface area contributed by atoms with Crippen molar-refractivity contribution < 1.29 is 15.0 Å². The maximum Gasteiger partial charge on any atom is 0.335 e. The van der Waals surface area contributed by atoms with Crippen molar-refractivity contribution >= 4 is 17.7 Å². The van der Waals surface area contributed by atoms with Crippen molar-refractivity contribution in [2.75, 3.05) is 12.4 Å². The van der Waals surface area contributed by atoms with E-state index >= 15 is 0 Å². The fourth-order valence-electron chi connectivity index (χ4n) is 1.27. The number of carboxylic acids is 1. The molecule has 88 valence electrons. The highest BCUT2D eigenvalue weighted by Crippen LogP contribution is 2.20. The second-order valence-electron chi connectivity index (χ2n) is 3.46. The molecular formula is C12H16O3S. The third-order valence-corrected chi connectivity index (χ3v) is 3.27. The lowest BCUT2D eigenvalue weighted by molar-refractivity contribution is 0.0697. The molecule has 1 aromatic carbocycles. The summed E-state index contributed by atoms with van der Waals surface area (Å²) in [5.41, 5.74) is 0.324. The predicted octanol–water partition coefficient (Wildman–Crippen LogP) is 2.64. The molecule has 0 fully saturated rings. The molecule has 0 radical (unpaired) electrons. The van der Waals surface area contributed by atoms with E-state index in [1.54, 1.807) is 23.9 Å². The fraction of sp³-hybridized carbons (Fsp3) is 0.417. The van der Waals surface area contributed by atoms with Gasteiger partial charge in [-0.05, 0) is 42.9 Å². The van der Waals surface area contributed by atoms with Gasteiger partial charge in [-0.2, -0.15) is 0 Å². The highest BCUT2D eigenvalue weighted by atomic mass is 32.2. The number of carboxylic acid groups (broad SMARTS) is 1. The van der Waals surface area contributed by atoms with E-state index < -0.39 is 5.97 Å². The number of hydrogen-bond acceptors (Lipinski definition) is 3. The van der Waals surface area contributed by atoms with E-state index in [-0.39, 0.29) is 6.61 Å². The lowest BCUT2D eigenvalue weighted by atomic mass is 10.2. The minimum absolute atomic E-state index is 0.262. The van der Waals surface area contributed by atoms with E-state index in [0.29, 0.717) is 5.56 Å². The number of hydrogen-bond donors (Lipinski definition) is 2. The second-order valence-corrected chi connectivity index (χ2v) is 4.63. The highest BCUT2D eigenvalue weighted by molar-refractivity contribution is 7.99.